The summed E-state index contributed by atoms with van der Waals surface area (Å²) in [5, 5.41) is 0. The SMILES string of the molecule is C=C1COCC[C@H]2C[C@@H](C)C(=O)/C=C/C(C)=C/[C@H](COC3O[C@H](C)[C@@H](OC)[C@@H](OC)[C@H]3OC)[C@@H](CC)OC(=O)C[C@@H](OC1)[C@H](C)[C@H]2OC1O[C@H](C)[C@@H](OC(C)=O)[C@H](N(C)C)[C@H]1OC(C)=O. The number of carbonyl (C=O) groups excluding carboxylic acids is 4. The summed E-state index contributed by atoms with van der Waals surface area (Å²) in [5.41, 5.74) is 1.45. The number of hydrogen-bond acceptors (Lipinski definition) is 17. The van der Waals surface area contributed by atoms with Crippen LogP contribution in [-0.2, 0) is 76.0 Å². The monoisotopic (exact) mass is 924 g/mol. The lowest BCUT2D eigenvalue weighted by Gasteiger charge is -2.48. The third-order valence-corrected chi connectivity index (χ3v) is 12.9. The molecule has 370 valence electrons. The Morgan fingerprint density at radius 2 is 1.46 bits per heavy atom. The number of nitrogens with zero attached hydrogens (tertiary/aromatic N) is 1. The summed E-state index contributed by atoms with van der Waals surface area (Å²) in [6, 6.07) is -0.658. The maximum Gasteiger partial charge on any atom is 0.308 e. The number of carbonyl (C=O) groups is 4. The third-order valence-electron chi connectivity index (χ3n) is 12.9. The first-order valence-electron chi connectivity index (χ1n) is 23.0. The molecule has 65 heavy (non-hydrogen) atoms. The van der Waals surface area contributed by atoms with Gasteiger partial charge in [-0.25, -0.2) is 0 Å². The molecule has 3 saturated heterocycles. The van der Waals surface area contributed by atoms with Gasteiger partial charge in [0.05, 0.1) is 56.7 Å². The van der Waals surface area contributed by atoms with Gasteiger partial charge in [-0.15, -0.1) is 0 Å². The first kappa shape index (κ1) is 54.5. The molecule has 0 aromatic heterocycles. The van der Waals surface area contributed by atoms with Crippen molar-refractivity contribution in [2.24, 2.45) is 23.7 Å². The van der Waals surface area contributed by atoms with Crippen molar-refractivity contribution >= 4 is 23.7 Å². The van der Waals surface area contributed by atoms with Gasteiger partial charge in [0.2, 0.25) is 0 Å². The second kappa shape index (κ2) is 25.9. The van der Waals surface area contributed by atoms with E-state index in [4.69, 9.17) is 56.8 Å². The lowest BCUT2D eigenvalue weighted by molar-refractivity contribution is -0.308. The van der Waals surface area contributed by atoms with Crippen LogP contribution in [0.2, 0.25) is 0 Å². The zero-order valence-electron chi connectivity index (χ0n) is 40.9. The summed E-state index contributed by atoms with van der Waals surface area (Å²) in [4.78, 5) is 55.2. The Balaban J connectivity index is 1.76. The summed E-state index contributed by atoms with van der Waals surface area (Å²) >= 11 is 0. The summed E-state index contributed by atoms with van der Waals surface area (Å²) in [5.74, 6) is -3.52. The molecule has 0 aromatic rings. The Morgan fingerprint density at radius 1 is 0.831 bits per heavy atom. The minimum Gasteiger partial charge on any atom is -0.462 e. The predicted octanol–water partition coefficient (Wildman–Crippen LogP) is 4.77. The number of ether oxygens (including phenoxy) is 12. The predicted molar refractivity (Wildman–Crippen MR) is 237 cm³/mol. The summed E-state index contributed by atoms with van der Waals surface area (Å²) in [6.45, 7) is 18.8. The number of likely N-dealkylation sites (N-methyl/N-ethyl adjacent to an activating group) is 1. The fraction of sp³-hybridized carbons (Fsp3) is 0.792. The summed E-state index contributed by atoms with van der Waals surface area (Å²) in [6.07, 6.45) is -2.15. The molecule has 0 amide bonds. The lowest BCUT2D eigenvalue weighted by atomic mass is 9.79. The molecule has 0 aromatic carbocycles. The Kier molecular flexibility index (Phi) is 21.7. The molecule has 4 rings (SSSR count). The van der Waals surface area contributed by atoms with E-state index >= 15 is 0 Å². The van der Waals surface area contributed by atoms with Crippen molar-refractivity contribution in [2.75, 3.05) is 61.9 Å². The fourth-order valence-corrected chi connectivity index (χ4v) is 9.54. The number of rotatable bonds is 12. The van der Waals surface area contributed by atoms with Crippen LogP contribution in [0.5, 0.6) is 0 Å². The molecule has 0 radical (unpaired) electrons. The van der Waals surface area contributed by atoms with Crippen LogP contribution in [0.4, 0.5) is 0 Å². The third kappa shape index (κ3) is 14.9. The number of esters is 3. The van der Waals surface area contributed by atoms with E-state index in [1.807, 2.05) is 45.6 Å². The van der Waals surface area contributed by atoms with Gasteiger partial charge in [0.1, 0.15) is 30.5 Å². The standard InChI is InChI=1S/C48H77NO16/c1-15-37-35(25-59-47-46(56-14)45(55-13)43(54-12)31(7)60-47)20-26(2)16-17-36(52)28(4)21-34-18-19-57-23-27(3)24-58-38(22-39(53)64-37)29(5)41(34)65-48-44(63-33(9)51)40(49(10)11)42(30(6)61-48)62-32(8)50/h16-17,20,28-31,34-35,37-38,40-48H,3,15,18-19,21-25H2,1-2,4-14H3/b17-16+,26-20+/t28-,29+,30-,31-,34+,35-,37-,38-,40+,41-,42-,43-,44-,45-,46-,47?,48?/m1/s1. The molecule has 2 unspecified atom stereocenters. The van der Waals surface area contributed by atoms with Gasteiger partial charge in [-0.3, -0.25) is 24.1 Å². The zero-order valence-corrected chi connectivity index (χ0v) is 40.9. The summed E-state index contributed by atoms with van der Waals surface area (Å²) in [7, 11) is 8.33. The average molecular weight is 924 g/mol. The maximum atomic E-state index is 14.3. The number of allylic oxidation sites excluding steroid dienone is 3. The molecule has 0 N–H and O–H groups in total. The number of ketones is 1. The van der Waals surface area contributed by atoms with Gasteiger partial charge in [-0.05, 0) is 71.7 Å². The van der Waals surface area contributed by atoms with E-state index < -0.39 is 109 Å². The van der Waals surface area contributed by atoms with Crippen LogP contribution in [0, 0.1) is 23.7 Å². The van der Waals surface area contributed by atoms with E-state index in [0.29, 0.717) is 31.4 Å². The Labute approximate surface area is 386 Å². The molecule has 4 aliphatic heterocycles. The van der Waals surface area contributed by atoms with E-state index in [1.165, 1.54) is 13.8 Å². The van der Waals surface area contributed by atoms with Crippen molar-refractivity contribution in [3.05, 3.63) is 36.0 Å². The molecule has 4 aliphatic rings. The van der Waals surface area contributed by atoms with Crippen LogP contribution in [-0.4, -0.2) is 170 Å². The average Bonchev–Trinajstić information content (AvgIpc) is 3.26. The second-order valence-corrected chi connectivity index (χ2v) is 18.2. The number of methoxy groups -OCH3 is 3. The van der Waals surface area contributed by atoms with Gasteiger partial charge in [-0.1, -0.05) is 45.1 Å². The molecular formula is C48H77NO16. The van der Waals surface area contributed by atoms with E-state index in [0.717, 1.165) is 5.57 Å². The maximum absolute atomic E-state index is 14.3. The van der Waals surface area contributed by atoms with Crippen LogP contribution >= 0.6 is 0 Å². The van der Waals surface area contributed by atoms with Crippen LogP contribution in [0.1, 0.15) is 81.1 Å². The van der Waals surface area contributed by atoms with Crippen molar-refractivity contribution in [2.45, 2.75) is 161 Å². The Hall–Kier alpha value is -3.10. The number of cyclic esters (lactones) is 1. The Morgan fingerprint density at radius 3 is 2.08 bits per heavy atom. The molecular weight excluding hydrogens is 847 g/mol. The van der Waals surface area contributed by atoms with E-state index in [1.54, 1.807) is 54.5 Å². The van der Waals surface area contributed by atoms with Gasteiger partial charge in [0.15, 0.2) is 24.5 Å². The van der Waals surface area contributed by atoms with Crippen molar-refractivity contribution in [1.82, 2.24) is 4.90 Å². The minimum absolute atomic E-state index is 0.0793. The van der Waals surface area contributed by atoms with Crippen LogP contribution in [0.3, 0.4) is 0 Å². The quantitative estimate of drug-likeness (QED) is 0.148. The van der Waals surface area contributed by atoms with Crippen LogP contribution < -0.4 is 0 Å². The van der Waals surface area contributed by atoms with Crippen molar-refractivity contribution in [3.8, 4) is 0 Å². The second-order valence-electron chi connectivity index (χ2n) is 18.2. The number of fused-ring (bicyclic) bond motifs is 3. The van der Waals surface area contributed by atoms with E-state index in [9.17, 15) is 19.2 Å². The van der Waals surface area contributed by atoms with Gasteiger partial charge in [0, 0.05) is 59.5 Å². The molecule has 0 spiro atoms. The lowest BCUT2D eigenvalue weighted by Crippen LogP contribution is -2.65. The van der Waals surface area contributed by atoms with Crippen LogP contribution in [0.15, 0.2) is 36.0 Å². The Bertz CT molecular complexity index is 1640. The molecule has 17 heteroatoms. The molecule has 17 nitrogen and oxygen atoms in total. The molecule has 0 aliphatic carbocycles. The van der Waals surface area contributed by atoms with Gasteiger partial charge < -0.3 is 56.8 Å². The molecule has 2 bridgehead atoms. The molecule has 3 fully saturated rings. The van der Waals surface area contributed by atoms with Gasteiger partial charge >= 0.3 is 17.9 Å². The molecule has 17 atom stereocenters. The van der Waals surface area contributed by atoms with Gasteiger partial charge in [-0.2, -0.15) is 0 Å². The largest absolute Gasteiger partial charge is 0.462 e. The zero-order chi connectivity index (χ0) is 48.1. The van der Waals surface area contributed by atoms with E-state index in [-0.39, 0.29) is 44.0 Å². The highest BCUT2D eigenvalue weighted by Crippen LogP contribution is 2.37. The van der Waals surface area contributed by atoms with Crippen molar-refractivity contribution < 1.29 is 76.0 Å². The van der Waals surface area contributed by atoms with Crippen molar-refractivity contribution in [3.63, 3.8) is 0 Å². The minimum atomic E-state index is -1.15. The topological polar surface area (TPSA) is 182 Å². The highest BCUT2D eigenvalue weighted by atomic mass is 16.7. The van der Waals surface area contributed by atoms with Gasteiger partial charge in [0.25, 0.3) is 0 Å². The highest BCUT2D eigenvalue weighted by Gasteiger charge is 2.52. The van der Waals surface area contributed by atoms with Crippen LogP contribution in [0.25, 0.3) is 0 Å². The van der Waals surface area contributed by atoms with Crippen molar-refractivity contribution in [1.29, 1.82) is 0 Å². The highest BCUT2D eigenvalue weighted by molar-refractivity contribution is 5.91. The first-order valence-corrected chi connectivity index (χ1v) is 23.0. The smallest absolute Gasteiger partial charge is 0.308 e. The molecule has 0 saturated carbocycles. The van der Waals surface area contributed by atoms with E-state index in [2.05, 4.69) is 6.58 Å². The number of hydrogen-bond donors (Lipinski definition) is 0. The first-order chi connectivity index (χ1) is 30.8. The molecule has 4 heterocycles. The summed E-state index contributed by atoms with van der Waals surface area (Å²) < 4.78 is 74.2. The fourth-order valence-electron chi connectivity index (χ4n) is 9.54. The normalized spacial score (nSPS) is 39.7.